The molecule has 1 N–H and O–H groups in total. The summed E-state index contributed by atoms with van der Waals surface area (Å²) in [6.45, 7) is 1.09. The molecule has 8 nitrogen and oxygen atoms in total. The lowest BCUT2D eigenvalue weighted by Crippen LogP contribution is -2.42. The number of rotatable bonds is 6. The van der Waals surface area contributed by atoms with Gasteiger partial charge in [-0.2, -0.15) is 0 Å². The van der Waals surface area contributed by atoms with Crippen LogP contribution in [-0.2, 0) is 29.0 Å². The largest absolute Gasteiger partial charge is 0.465 e. The van der Waals surface area contributed by atoms with E-state index in [0.29, 0.717) is 5.56 Å². The van der Waals surface area contributed by atoms with E-state index in [9.17, 15) is 22.8 Å². The topological polar surface area (TPSA) is 110 Å². The minimum atomic E-state index is -3.88. The third kappa shape index (κ3) is 4.51. The van der Waals surface area contributed by atoms with Gasteiger partial charge in [0.25, 0.3) is 0 Å². The van der Waals surface area contributed by atoms with E-state index in [1.54, 1.807) is 49.4 Å². The minimum Gasteiger partial charge on any atom is -0.465 e. The van der Waals surface area contributed by atoms with E-state index in [4.69, 9.17) is 4.74 Å². The molecular formula is C21H22N2O6S. The Morgan fingerprint density at radius 2 is 1.77 bits per heavy atom. The van der Waals surface area contributed by atoms with Crippen molar-refractivity contribution in [3.05, 3.63) is 60.2 Å². The lowest BCUT2D eigenvalue weighted by atomic mass is 10.1. The number of hydrogen-bond donors (Lipinski definition) is 1. The monoisotopic (exact) mass is 430 g/mol. The van der Waals surface area contributed by atoms with Crippen molar-refractivity contribution in [3.63, 3.8) is 0 Å². The van der Waals surface area contributed by atoms with Crippen molar-refractivity contribution in [1.82, 2.24) is 5.32 Å². The molecule has 0 saturated carbocycles. The van der Waals surface area contributed by atoms with Crippen molar-refractivity contribution in [2.24, 2.45) is 0 Å². The standard InChI is InChI=1S/C21H22N2O6S/c1-2-29-21(26)13-22-19(24)14-23-16-10-6-7-11-17(16)30(27,28)18(12-20(23)25)15-8-4-3-5-9-15/h3-11,18H,2,12-14H2,1H3,(H,22,24)/t18-/m1/s1. The van der Waals surface area contributed by atoms with Crippen molar-refractivity contribution in [3.8, 4) is 0 Å². The summed E-state index contributed by atoms with van der Waals surface area (Å²) in [4.78, 5) is 37.9. The van der Waals surface area contributed by atoms with Gasteiger partial charge in [0, 0.05) is 6.42 Å². The molecule has 9 heteroatoms. The minimum absolute atomic E-state index is 0.0112. The first kappa shape index (κ1) is 21.5. The third-order valence-corrected chi connectivity index (χ3v) is 6.85. The number of sulfone groups is 1. The second-order valence-electron chi connectivity index (χ2n) is 6.68. The van der Waals surface area contributed by atoms with Gasteiger partial charge in [0.2, 0.25) is 11.8 Å². The summed E-state index contributed by atoms with van der Waals surface area (Å²) in [6.07, 6.45) is -0.299. The average Bonchev–Trinajstić information content (AvgIpc) is 2.82. The number of anilines is 1. The number of carbonyl (C=O) groups excluding carboxylic acids is 3. The Bertz CT molecular complexity index is 1050. The molecular weight excluding hydrogens is 408 g/mol. The van der Waals surface area contributed by atoms with Gasteiger partial charge in [-0.05, 0) is 24.6 Å². The summed E-state index contributed by atoms with van der Waals surface area (Å²) in [5.41, 5.74) is 0.654. The van der Waals surface area contributed by atoms with E-state index in [1.807, 2.05) is 0 Å². The smallest absolute Gasteiger partial charge is 0.325 e. The Hall–Kier alpha value is -3.20. The van der Waals surface area contributed by atoms with Crippen LogP contribution in [-0.4, -0.2) is 45.9 Å². The maximum absolute atomic E-state index is 13.3. The summed E-state index contributed by atoms with van der Waals surface area (Å²) in [5, 5.41) is 1.34. The molecule has 0 saturated heterocycles. The zero-order chi connectivity index (χ0) is 21.7. The Kier molecular flexibility index (Phi) is 6.51. The first-order valence-electron chi connectivity index (χ1n) is 9.45. The quantitative estimate of drug-likeness (QED) is 0.698. The maximum atomic E-state index is 13.3. The van der Waals surface area contributed by atoms with E-state index in [-0.39, 0.29) is 30.2 Å². The third-order valence-electron chi connectivity index (χ3n) is 4.71. The fourth-order valence-corrected chi connectivity index (χ4v) is 5.23. The molecule has 1 aliphatic rings. The van der Waals surface area contributed by atoms with Crippen LogP contribution in [0.4, 0.5) is 5.69 Å². The second kappa shape index (κ2) is 9.08. The number of ether oxygens (including phenoxy) is 1. The normalized spacial score (nSPS) is 17.6. The Balaban J connectivity index is 1.92. The van der Waals surface area contributed by atoms with Crippen molar-refractivity contribution < 1.29 is 27.5 Å². The molecule has 2 amide bonds. The lowest BCUT2D eigenvalue weighted by Gasteiger charge is -2.21. The highest BCUT2D eigenvalue weighted by Gasteiger charge is 2.39. The molecule has 2 aromatic carbocycles. The van der Waals surface area contributed by atoms with Gasteiger partial charge >= 0.3 is 5.97 Å². The number of nitrogens with zero attached hydrogens (tertiary/aromatic N) is 1. The van der Waals surface area contributed by atoms with E-state index in [2.05, 4.69) is 5.32 Å². The molecule has 1 aliphatic heterocycles. The number of hydrogen-bond acceptors (Lipinski definition) is 6. The van der Waals surface area contributed by atoms with Gasteiger partial charge in [-0.25, -0.2) is 8.42 Å². The van der Waals surface area contributed by atoms with Crippen LogP contribution >= 0.6 is 0 Å². The fraction of sp³-hybridized carbons (Fsp3) is 0.286. The van der Waals surface area contributed by atoms with E-state index >= 15 is 0 Å². The predicted molar refractivity (Wildman–Crippen MR) is 109 cm³/mol. The number of carbonyl (C=O) groups is 3. The molecule has 30 heavy (non-hydrogen) atoms. The molecule has 2 aromatic rings. The number of nitrogens with one attached hydrogen (secondary N) is 1. The Morgan fingerprint density at radius 1 is 1.10 bits per heavy atom. The van der Waals surface area contributed by atoms with Crippen LogP contribution in [0.5, 0.6) is 0 Å². The SMILES string of the molecule is CCOC(=O)CNC(=O)CN1C(=O)C[C@H](c2ccccc2)S(=O)(=O)c2ccccc21. The number of esters is 1. The molecule has 0 aromatic heterocycles. The van der Waals surface area contributed by atoms with Crippen LogP contribution in [0, 0.1) is 0 Å². The van der Waals surface area contributed by atoms with Crippen molar-refractivity contribution >= 4 is 33.3 Å². The average molecular weight is 430 g/mol. The zero-order valence-electron chi connectivity index (χ0n) is 16.4. The van der Waals surface area contributed by atoms with Crippen LogP contribution in [0.15, 0.2) is 59.5 Å². The Labute approximate surface area is 174 Å². The van der Waals surface area contributed by atoms with Crippen LogP contribution in [0.25, 0.3) is 0 Å². The molecule has 3 rings (SSSR count). The molecule has 0 aliphatic carbocycles. The highest BCUT2D eigenvalue weighted by molar-refractivity contribution is 7.92. The highest BCUT2D eigenvalue weighted by Crippen LogP contribution is 2.40. The second-order valence-corrected chi connectivity index (χ2v) is 8.78. The van der Waals surface area contributed by atoms with E-state index < -0.39 is 39.4 Å². The van der Waals surface area contributed by atoms with Crippen molar-refractivity contribution in [1.29, 1.82) is 0 Å². The van der Waals surface area contributed by atoms with E-state index in [0.717, 1.165) is 4.90 Å². The summed E-state index contributed by atoms with van der Waals surface area (Å²) in [6, 6.07) is 14.6. The molecule has 1 atom stereocenters. The predicted octanol–water partition coefficient (Wildman–Crippen LogP) is 1.62. The van der Waals surface area contributed by atoms with Crippen molar-refractivity contribution in [2.45, 2.75) is 23.5 Å². The molecule has 0 bridgehead atoms. The van der Waals surface area contributed by atoms with Gasteiger partial charge in [-0.1, -0.05) is 42.5 Å². The summed E-state index contributed by atoms with van der Waals surface area (Å²) < 4.78 is 31.5. The molecule has 0 unspecified atom stereocenters. The van der Waals surface area contributed by atoms with Crippen LogP contribution in [0.1, 0.15) is 24.2 Å². The van der Waals surface area contributed by atoms with Gasteiger partial charge in [-0.15, -0.1) is 0 Å². The number of fused-ring (bicyclic) bond motifs is 1. The van der Waals surface area contributed by atoms with Gasteiger partial charge in [0.05, 0.1) is 22.4 Å². The molecule has 0 spiro atoms. The maximum Gasteiger partial charge on any atom is 0.325 e. The number of benzene rings is 2. The van der Waals surface area contributed by atoms with Gasteiger partial charge < -0.3 is 15.0 Å². The highest BCUT2D eigenvalue weighted by atomic mass is 32.2. The number of amides is 2. The van der Waals surface area contributed by atoms with Crippen LogP contribution in [0.2, 0.25) is 0 Å². The summed E-state index contributed by atoms with van der Waals surface area (Å²) in [5.74, 6) is -1.69. The molecule has 158 valence electrons. The van der Waals surface area contributed by atoms with Gasteiger partial charge in [0.1, 0.15) is 13.1 Å². The molecule has 0 fully saturated rings. The summed E-state index contributed by atoms with van der Waals surface area (Å²) in [7, 11) is -3.88. The fourth-order valence-electron chi connectivity index (χ4n) is 3.31. The van der Waals surface area contributed by atoms with E-state index in [1.165, 1.54) is 12.1 Å². The van der Waals surface area contributed by atoms with Crippen molar-refractivity contribution in [2.75, 3.05) is 24.6 Å². The molecule has 0 radical (unpaired) electrons. The first-order valence-corrected chi connectivity index (χ1v) is 11.0. The van der Waals surface area contributed by atoms with Crippen LogP contribution in [0.3, 0.4) is 0 Å². The lowest BCUT2D eigenvalue weighted by molar-refractivity contribution is -0.143. The first-order chi connectivity index (χ1) is 14.3. The van der Waals surface area contributed by atoms with Gasteiger partial charge in [0.15, 0.2) is 9.84 Å². The Morgan fingerprint density at radius 3 is 2.47 bits per heavy atom. The summed E-state index contributed by atoms with van der Waals surface area (Å²) >= 11 is 0. The van der Waals surface area contributed by atoms with Crippen LogP contribution < -0.4 is 10.2 Å². The molecule has 1 heterocycles. The van der Waals surface area contributed by atoms with Gasteiger partial charge in [-0.3, -0.25) is 14.4 Å². The number of para-hydroxylation sites is 1. The zero-order valence-corrected chi connectivity index (χ0v) is 17.2.